The monoisotopic (exact) mass is 362 g/mol. The molecule has 0 unspecified atom stereocenters. The van der Waals surface area contributed by atoms with Gasteiger partial charge in [0, 0.05) is 24.7 Å². The molecular weight excluding hydrogens is 344 g/mol. The average molecular weight is 362 g/mol. The number of amides is 1. The van der Waals surface area contributed by atoms with E-state index in [0.717, 1.165) is 5.56 Å². The number of imidazole rings is 1. The van der Waals surface area contributed by atoms with Crippen molar-refractivity contribution in [3.05, 3.63) is 76.2 Å². The maximum absolute atomic E-state index is 12.7. The third kappa shape index (κ3) is 3.19. The lowest BCUT2D eigenvalue weighted by atomic mass is 10.1. The van der Waals surface area contributed by atoms with Crippen LogP contribution >= 0.6 is 0 Å². The predicted molar refractivity (Wildman–Crippen MR) is 101 cm³/mol. The molecular formula is C20H18N4O3. The Kier molecular flexibility index (Phi) is 4.19. The standard InChI is InChI=1S/C20H18N4O3/c1-3-14(15-11-24-8-4-7-21-20(24)23-15)22-19(26)18-10-16(25)13-6-5-12(2)9-17(13)27-18/h4-11,14H,3H2,1-2H3,(H,22,26)/t14-/m1/s1. The Bertz CT molecular complexity index is 1180. The molecule has 0 bridgehead atoms. The van der Waals surface area contributed by atoms with E-state index in [1.165, 1.54) is 6.07 Å². The summed E-state index contributed by atoms with van der Waals surface area (Å²) in [4.78, 5) is 33.6. The number of fused-ring (bicyclic) bond motifs is 2. The number of benzene rings is 1. The Balaban J connectivity index is 1.65. The van der Waals surface area contributed by atoms with Gasteiger partial charge in [-0.15, -0.1) is 0 Å². The Morgan fingerprint density at radius 2 is 2.19 bits per heavy atom. The summed E-state index contributed by atoms with van der Waals surface area (Å²) in [5.74, 6) is 0.0960. The van der Waals surface area contributed by atoms with Crippen LogP contribution in [-0.4, -0.2) is 20.3 Å². The van der Waals surface area contributed by atoms with Gasteiger partial charge in [0.15, 0.2) is 11.2 Å². The highest BCUT2D eigenvalue weighted by atomic mass is 16.3. The van der Waals surface area contributed by atoms with E-state index in [2.05, 4.69) is 15.3 Å². The minimum absolute atomic E-state index is 0.0153. The first-order chi connectivity index (χ1) is 13.0. The summed E-state index contributed by atoms with van der Waals surface area (Å²) in [5, 5.41) is 3.35. The van der Waals surface area contributed by atoms with E-state index in [9.17, 15) is 9.59 Å². The van der Waals surface area contributed by atoms with Crippen molar-refractivity contribution in [2.24, 2.45) is 0 Å². The largest absolute Gasteiger partial charge is 0.451 e. The molecule has 0 aliphatic heterocycles. The molecule has 1 amide bonds. The number of aromatic nitrogens is 3. The molecule has 0 aliphatic rings. The van der Waals surface area contributed by atoms with Crippen LogP contribution in [0.25, 0.3) is 16.7 Å². The fraction of sp³-hybridized carbons (Fsp3) is 0.200. The number of nitrogens with one attached hydrogen (secondary N) is 1. The molecule has 3 aromatic heterocycles. The number of rotatable bonds is 4. The second-order valence-corrected chi connectivity index (χ2v) is 6.40. The second kappa shape index (κ2) is 6.68. The first-order valence-corrected chi connectivity index (χ1v) is 8.70. The van der Waals surface area contributed by atoms with Crippen molar-refractivity contribution < 1.29 is 9.21 Å². The van der Waals surface area contributed by atoms with E-state index < -0.39 is 5.91 Å². The van der Waals surface area contributed by atoms with Crippen molar-refractivity contribution in [2.75, 3.05) is 0 Å². The van der Waals surface area contributed by atoms with Gasteiger partial charge in [0.1, 0.15) is 5.58 Å². The highest BCUT2D eigenvalue weighted by Crippen LogP contribution is 2.18. The van der Waals surface area contributed by atoms with E-state index >= 15 is 0 Å². The Labute approximate surface area is 154 Å². The quantitative estimate of drug-likeness (QED) is 0.603. The first-order valence-electron chi connectivity index (χ1n) is 8.70. The molecule has 27 heavy (non-hydrogen) atoms. The fourth-order valence-electron chi connectivity index (χ4n) is 3.01. The van der Waals surface area contributed by atoms with E-state index in [1.807, 2.05) is 38.4 Å². The van der Waals surface area contributed by atoms with Gasteiger partial charge in [-0.3, -0.25) is 14.0 Å². The predicted octanol–water partition coefficient (Wildman–Crippen LogP) is 3.03. The normalized spacial score (nSPS) is 12.4. The van der Waals surface area contributed by atoms with Gasteiger partial charge in [-0.1, -0.05) is 13.0 Å². The van der Waals surface area contributed by atoms with Crippen LogP contribution in [0.4, 0.5) is 0 Å². The van der Waals surface area contributed by atoms with Gasteiger partial charge in [-0.05, 0) is 37.1 Å². The van der Waals surface area contributed by atoms with Crippen LogP contribution in [0.3, 0.4) is 0 Å². The minimum Gasteiger partial charge on any atom is -0.451 e. The summed E-state index contributed by atoms with van der Waals surface area (Å²) in [5.41, 5.74) is 1.80. The Morgan fingerprint density at radius 1 is 1.33 bits per heavy atom. The smallest absolute Gasteiger partial charge is 0.287 e. The van der Waals surface area contributed by atoms with Crippen molar-refractivity contribution in [1.29, 1.82) is 0 Å². The molecule has 0 saturated carbocycles. The van der Waals surface area contributed by atoms with Crippen molar-refractivity contribution >= 4 is 22.7 Å². The lowest BCUT2D eigenvalue weighted by molar-refractivity contribution is 0.0907. The number of aryl methyl sites for hydroxylation is 1. The molecule has 1 atom stereocenters. The van der Waals surface area contributed by atoms with Crippen molar-refractivity contribution in [1.82, 2.24) is 19.7 Å². The molecule has 4 rings (SSSR count). The second-order valence-electron chi connectivity index (χ2n) is 6.40. The van der Waals surface area contributed by atoms with Gasteiger partial charge in [-0.25, -0.2) is 9.97 Å². The van der Waals surface area contributed by atoms with Crippen LogP contribution in [0.15, 0.2) is 58.1 Å². The molecule has 0 aliphatic carbocycles. The maximum Gasteiger partial charge on any atom is 0.287 e. The molecule has 0 radical (unpaired) electrons. The van der Waals surface area contributed by atoms with Crippen LogP contribution < -0.4 is 10.7 Å². The lowest BCUT2D eigenvalue weighted by Gasteiger charge is -2.14. The SMILES string of the molecule is CC[C@@H](NC(=O)c1cc(=O)c2ccc(C)cc2o1)c1cn2cccnc2n1. The zero-order chi connectivity index (χ0) is 19.0. The zero-order valence-corrected chi connectivity index (χ0v) is 15.0. The van der Waals surface area contributed by atoms with Gasteiger partial charge in [0.05, 0.1) is 17.1 Å². The highest BCUT2D eigenvalue weighted by molar-refractivity contribution is 5.93. The summed E-state index contributed by atoms with van der Waals surface area (Å²) in [7, 11) is 0. The van der Waals surface area contributed by atoms with E-state index in [1.54, 1.807) is 22.7 Å². The van der Waals surface area contributed by atoms with Crippen LogP contribution in [-0.2, 0) is 0 Å². The van der Waals surface area contributed by atoms with Crippen molar-refractivity contribution in [2.45, 2.75) is 26.3 Å². The van der Waals surface area contributed by atoms with Gasteiger partial charge in [0.2, 0.25) is 5.78 Å². The molecule has 3 heterocycles. The van der Waals surface area contributed by atoms with Gasteiger partial charge in [0.25, 0.3) is 5.91 Å². The highest BCUT2D eigenvalue weighted by Gasteiger charge is 2.20. The molecule has 7 nitrogen and oxygen atoms in total. The van der Waals surface area contributed by atoms with E-state index in [-0.39, 0.29) is 17.2 Å². The molecule has 7 heteroatoms. The first kappa shape index (κ1) is 17.0. The molecule has 4 aromatic rings. The number of carbonyl (C=O) groups excluding carboxylic acids is 1. The summed E-state index contributed by atoms with van der Waals surface area (Å²) < 4.78 is 7.47. The van der Waals surface area contributed by atoms with E-state index in [0.29, 0.717) is 28.9 Å². The number of hydrogen-bond donors (Lipinski definition) is 1. The maximum atomic E-state index is 12.7. The zero-order valence-electron chi connectivity index (χ0n) is 15.0. The Morgan fingerprint density at radius 3 is 2.96 bits per heavy atom. The summed E-state index contributed by atoms with van der Waals surface area (Å²) in [6.45, 7) is 3.85. The molecule has 0 fully saturated rings. The minimum atomic E-state index is -0.452. The molecule has 0 saturated heterocycles. The number of hydrogen-bond acceptors (Lipinski definition) is 5. The molecule has 1 N–H and O–H groups in total. The van der Waals surface area contributed by atoms with Crippen LogP contribution in [0.2, 0.25) is 0 Å². The topological polar surface area (TPSA) is 89.5 Å². The summed E-state index contributed by atoms with van der Waals surface area (Å²) in [6, 6.07) is 8.01. The average Bonchev–Trinajstić information content (AvgIpc) is 3.09. The lowest BCUT2D eigenvalue weighted by Crippen LogP contribution is -2.29. The number of nitrogens with zero attached hydrogens (tertiary/aromatic N) is 3. The summed E-state index contributed by atoms with van der Waals surface area (Å²) in [6.07, 6.45) is 5.97. The van der Waals surface area contributed by atoms with Gasteiger partial charge in [-0.2, -0.15) is 0 Å². The fourth-order valence-corrected chi connectivity index (χ4v) is 3.01. The van der Waals surface area contributed by atoms with Crippen LogP contribution in [0.1, 0.15) is 41.2 Å². The van der Waals surface area contributed by atoms with Gasteiger partial charge >= 0.3 is 0 Å². The molecule has 0 spiro atoms. The van der Waals surface area contributed by atoms with E-state index in [4.69, 9.17) is 4.42 Å². The van der Waals surface area contributed by atoms with Crippen molar-refractivity contribution in [3.8, 4) is 0 Å². The van der Waals surface area contributed by atoms with Crippen LogP contribution in [0.5, 0.6) is 0 Å². The number of carbonyl (C=O) groups is 1. The third-order valence-corrected chi connectivity index (χ3v) is 4.43. The van der Waals surface area contributed by atoms with Gasteiger partial charge < -0.3 is 9.73 Å². The van der Waals surface area contributed by atoms with Crippen LogP contribution in [0, 0.1) is 6.92 Å². The Hall–Kier alpha value is -3.48. The molecule has 136 valence electrons. The molecule has 1 aromatic carbocycles. The van der Waals surface area contributed by atoms with Crippen molar-refractivity contribution in [3.63, 3.8) is 0 Å². The third-order valence-electron chi connectivity index (χ3n) is 4.43. The summed E-state index contributed by atoms with van der Waals surface area (Å²) >= 11 is 0.